The molecule has 10 heteroatoms. The second-order valence-electron chi connectivity index (χ2n) is 5.02. The van der Waals surface area contributed by atoms with Crippen LogP contribution in [0.5, 0.6) is 0 Å². The largest absolute Gasteiger partial charge is 0.353 e. The highest BCUT2D eigenvalue weighted by Gasteiger charge is 2.31. The van der Waals surface area contributed by atoms with Gasteiger partial charge in [-0.1, -0.05) is 5.16 Å². The van der Waals surface area contributed by atoms with E-state index in [1.165, 1.54) is 25.3 Å². The van der Waals surface area contributed by atoms with Gasteiger partial charge in [0, 0.05) is 25.3 Å². The number of nitrogens with one attached hydrogen (secondary N) is 1. The van der Waals surface area contributed by atoms with Crippen LogP contribution in [0.3, 0.4) is 0 Å². The highest BCUT2D eigenvalue weighted by molar-refractivity contribution is 7.89. The zero-order valence-electron chi connectivity index (χ0n) is 11.7. The molecule has 1 aliphatic rings. The molecule has 1 aliphatic heterocycles. The molecule has 0 aliphatic carbocycles. The van der Waals surface area contributed by atoms with Crippen LogP contribution in [0.2, 0.25) is 0 Å². The van der Waals surface area contributed by atoms with Crippen LogP contribution < -0.4 is 9.62 Å². The normalized spacial score (nSPS) is 18.8. The van der Waals surface area contributed by atoms with Gasteiger partial charge in [-0.25, -0.2) is 27.1 Å². The Morgan fingerprint density at radius 3 is 2.95 bits per heavy atom. The molecule has 0 aromatic carbocycles. The first kappa shape index (κ1) is 14.9. The fourth-order valence-corrected chi connectivity index (χ4v) is 3.70. The molecule has 8 nitrogen and oxygen atoms in total. The lowest BCUT2D eigenvalue weighted by molar-refractivity contribution is 0.295. The number of sulfonamides is 1. The molecule has 0 saturated carbocycles. The Bertz CT molecular complexity index is 779. The SMILES string of the molecule is Cc1nonc1S(=O)(=O)NC1CCN(c2ncccc2F)C1. The summed E-state index contributed by atoms with van der Waals surface area (Å²) in [5.41, 5.74) is 0.193. The third-order valence-electron chi connectivity index (χ3n) is 3.41. The molecule has 22 heavy (non-hydrogen) atoms. The van der Waals surface area contributed by atoms with Crippen LogP contribution in [0, 0.1) is 12.7 Å². The van der Waals surface area contributed by atoms with E-state index in [2.05, 4.69) is 24.6 Å². The molecule has 3 rings (SSSR count). The molecular formula is C12H14FN5O3S. The Balaban J connectivity index is 1.72. The predicted molar refractivity (Wildman–Crippen MR) is 74.2 cm³/mol. The maximum Gasteiger partial charge on any atom is 0.263 e. The van der Waals surface area contributed by atoms with E-state index in [1.54, 1.807) is 4.90 Å². The average Bonchev–Trinajstić information content (AvgIpc) is 3.08. The predicted octanol–water partition coefficient (Wildman–Crippen LogP) is 0.469. The van der Waals surface area contributed by atoms with Crippen LogP contribution in [-0.2, 0) is 10.0 Å². The summed E-state index contributed by atoms with van der Waals surface area (Å²) in [6.45, 7) is 2.34. The Kier molecular flexibility index (Phi) is 3.79. The summed E-state index contributed by atoms with van der Waals surface area (Å²) in [6.07, 6.45) is 2.04. The smallest absolute Gasteiger partial charge is 0.263 e. The van der Waals surface area contributed by atoms with E-state index in [0.717, 1.165) is 0 Å². The average molecular weight is 327 g/mol. The van der Waals surface area contributed by atoms with Crippen molar-refractivity contribution in [1.29, 1.82) is 0 Å². The molecule has 3 heterocycles. The summed E-state index contributed by atoms with van der Waals surface area (Å²) in [5, 5.41) is 6.63. The van der Waals surface area contributed by atoms with Crippen LogP contribution in [0.4, 0.5) is 10.2 Å². The molecule has 0 spiro atoms. The van der Waals surface area contributed by atoms with Gasteiger partial charge in [-0.2, -0.15) is 0 Å². The maximum atomic E-state index is 13.7. The van der Waals surface area contributed by atoms with Gasteiger partial charge in [-0.15, -0.1) is 0 Å². The van der Waals surface area contributed by atoms with Crippen molar-refractivity contribution >= 4 is 15.8 Å². The molecule has 2 aromatic rings. The Morgan fingerprint density at radius 2 is 2.27 bits per heavy atom. The fraction of sp³-hybridized carbons (Fsp3) is 0.417. The number of nitrogens with zero attached hydrogens (tertiary/aromatic N) is 4. The second kappa shape index (κ2) is 5.61. The first-order valence-corrected chi connectivity index (χ1v) is 8.12. The molecule has 0 radical (unpaired) electrons. The van der Waals surface area contributed by atoms with Gasteiger partial charge < -0.3 is 4.90 Å². The Labute approximate surface area is 126 Å². The summed E-state index contributed by atoms with van der Waals surface area (Å²) >= 11 is 0. The molecule has 1 atom stereocenters. The van der Waals surface area contributed by atoms with Crippen molar-refractivity contribution < 1.29 is 17.4 Å². The van der Waals surface area contributed by atoms with Gasteiger partial charge in [0.15, 0.2) is 11.6 Å². The first-order valence-electron chi connectivity index (χ1n) is 6.64. The number of pyridine rings is 1. The van der Waals surface area contributed by atoms with E-state index in [1.807, 2.05) is 0 Å². The summed E-state index contributed by atoms with van der Waals surface area (Å²) in [7, 11) is -3.80. The van der Waals surface area contributed by atoms with Gasteiger partial charge in [-0.3, -0.25) is 0 Å². The third kappa shape index (κ3) is 2.79. The fourth-order valence-electron chi connectivity index (χ4n) is 2.40. The second-order valence-corrected chi connectivity index (χ2v) is 6.65. The minimum atomic E-state index is -3.80. The summed E-state index contributed by atoms with van der Waals surface area (Å²) in [5.74, 6) is -0.203. The number of anilines is 1. The maximum absolute atomic E-state index is 13.7. The lowest BCUT2D eigenvalue weighted by Gasteiger charge is -2.18. The van der Waals surface area contributed by atoms with Crippen molar-refractivity contribution in [3.8, 4) is 0 Å². The zero-order chi connectivity index (χ0) is 15.7. The van der Waals surface area contributed by atoms with E-state index in [4.69, 9.17) is 0 Å². The molecule has 1 N–H and O–H groups in total. The van der Waals surface area contributed by atoms with Crippen LogP contribution in [0.25, 0.3) is 0 Å². The van der Waals surface area contributed by atoms with E-state index in [9.17, 15) is 12.8 Å². The number of rotatable bonds is 4. The minimum Gasteiger partial charge on any atom is -0.353 e. The van der Waals surface area contributed by atoms with Gasteiger partial charge in [0.05, 0.1) is 0 Å². The monoisotopic (exact) mass is 327 g/mol. The van der Waals surface area contributed by atoms with E-state index in [0.29, 0.717) is 19.5 Å². The molecule has 1 fully saturated rings. The van der Waals surface area contributed by atoms with Gasteiger partial charge in [-0.05, 0) is 30.6 Å². The molecule has 2 aromatic heterocycles. The standard InChI is InChI=1S/C12H14FN5O3S/c1-8-12(16-21-15-8)22(19,20)17-9-4-6-18(7-9)11-10(13)3-2-5-14-11/h2-3,5,9,17H,4,6-7H2,1H3. The Morgan fingerprint density at radius 1 is 1.45 bits per heavy atom. The van der Waals surface area contributed by atoms with Crippen molar-refractivity contribution in [3.63, 3.8) is 0 Å². The van der Waals surface area contributed by atoms with Crippen molar-refractivity contribution in [1.82, 2.24) is 20.0 Å². The van der Waals surface area contributed by atoms with Gasteiger partial charge in [0.1, 0.15) is 5.69 Å². The highest BCUT2D eigenvalue weighted by Crippen LogP contribution is 2.22. The number of halogens is 1. The van der Waals surface area contributed by atoms with E-state index < -0.39 is 15.8 Å². The van der Waals surface area contributed by atoms with Crippen LogP contribution in [-0.4, -0.2) is 42.8 Å². The number of aromatic nitrogens is 3. The number of hydrogen-bond acceptors (Lipinski definition) is 7. The summed E-state index contributed by atoms with van der Waals surface area (Å²) in [4.78, 5) is 5.70. The van der Waals surface area contributed by atoms with Crippen molar-refractivity contribution in [2.75, 3.05) is 18.0 Å². The quantitative estimate of drug-likeness (QED) is 0.871. The topological polar surface area (TPSA) is 101 Å². The van der Waals surface area contributed by atoms with E-state index >= 15 is 0 Å². The molecule has 0 bridgehead atoms. The third-order valence-corrected chi connectivity index (χ3v) is 4.94. The van der Waals surface area contributed by atoms with Gasteiger partial charge >= 0.3 is 0 Å². The van der Waals surface area contributed by atoms with Crippen molar-refractivity contribution in [3.05, 3.63) is 29.8 Å². The summed E-state index contributed by atoms with van der Waals surface area (Å²) in [6, 6.07) is 2.47. The lowest BCUT2D eigenvalue weighted by Crippen LogP contribution is -2.37. The van der Waals surface area contributed by atoms with Crippen LogP contribution >= 0.6 is 0 Å². The minimum absolute atomic E-state index is 0.193. The van der Waals surface area contributed by atoms with E-state index in [-0.39, 0.29) is 22.6 Å². The van der Waals surface area contributed by atoms with Crippen LogP contribution in [0.1, 0.15) is 12.1 Å². The lowest BCUT2D eigenvalue weighted by atomic mass is 10.3. The molecule has 0 amide bonds. The van der Waals surface area contributed by atoms with Crippen LogP contribution in [0.15, 0.2) is 28.0 Å². The van der Waals surface area contributed by atoms with Crippen molar-refractivity contribution in [2.45, 2.75) is 24.4 Å². The zero-order valence-corrected chi connectivity index (χ0v) is 12.5. The van der Waals surface area contributed by atoms with Crippen molar-refractivity contribution in [2.24, 2.45) is 0 Å². The number of aryl methyl sites for hydroxylation is 1. The summed E-state index contributed by atoms with van der Waals surface area (Å²) < 4.78 is 45.1. The number of hydrogen-bond donors (Lipinski definition) is 1. The first-order chi connectivity index (χ1) is 10.5. The molecule has 1 saturated heterocycles. The molecular weight excluding hydrogens is 313 g/mol. The molecule has 118 valence electrons. The molecule has 1 unspecified atom stereocenters. The van der Waals surface area contributed by atoms with Gasteiger partial charge in [0.25, 0.3) is 10.0 Å². The highest BCUT2D eigenvalue weighted by atomic mass is 32.2. The Hall–Kier alpha value is -2.07. The van der Waals surface area contributed by atoms with Gasteiger partial charge in [0.2, 0.25) is 5.03 Å².